The fourth-order valence-corrected chi connectivity index (χ4v) is 10.2. The number of anilines is 6. The first-order valence-corrected chi connectivity index (χ1v) is 26.7. The third-order valence-electron chi connectivity index (χ3n) is 12.7. The number of thiazole rings is 1. The van der Waals surface area contributed by atoms with Crippen molar-refractivity contribution < 1.29 is 32.3 Å². The zero-order chi connectivity index (χ0) is 51.0. The Morgan fingerprint density at radius 2 is 1.72 bits per heavy atom. The number of aryl methyl sites for hydroxylation is 1. The highest BCUT2D eigenvalue weighted by Gasteiger charge is 2.42. The summed E-state index contributed by atoms with van der Waals surface area (Å²) in [6.07, 6.45) is 3.65. The number of likely N-dealkylation sites (tertiary alicyclic amines) is 1. The van der Waals surface area contributed by atoms with Gasteiger partial charge in [-0.2, -0.15) is 4.98 Å². The molecule has 3 atom stereocenters. The van der Waals surface area contributed by atoms with E-state index in [4.69, 9.17) is 11.6 Å². The molecule has 0 aliphatic carbocycles. The SMILES string of the molecule is Cc1ncsc1-c1ccc(CNC(=O)C[C@H]2C[C@@H](O)CN2C(=O)[C@@H](NC(=O)CCCCN2CCN(c3ccc(Nc4ncc(Cl)c(Nc5ccccc5N(C)S(C)(=O)=O)n4)cc3F)CC2)C(C)(C)C)cc1. The topological polar surface area (TPSA) is 205 Å². The van der Waals surface area contributed by atoms with E-state index in [2.05, 4.69) is 41.1 Å². The van der Waals surface area contributed by atoms with Crippen LogP contribution in [-0.4, -0.2) is 127 Å². The number of aromatic nitrogens is 3. The van der Waals surface area contributed by atoms with E-state index in [0.717, 1.165) is 45.2 Å². The largest absolute Gasteiger partial charge is 0.391 e. The molecular formula is C50H63ClFN11O6S2. The molecule has 3 aromatic carbocycles. The van der Waals surface area contributed by atoms with Gasteiger partial charge in [0.2, 0.25) is 33.7 Å². The predicted molar refractivity (Wildman–Crippen MR) is 278 cm³/mol. The van der Waals surface area contributed by atoms with Crippen LogP contribution in [0.15, 0.2) is 78.4 Å². The minimum Gasteiger partial charge on any atom is -0.391 e. The summed E-state index contributed by atoms with van der Waals surface area (Å²) in [4.78, 5) is 60.6. The molecule has 2 aromatic heterocycles. The number of carbonyl (C=O) groups excluding carboxylic acids is 3. The molecule has 17 nitrogen and oxygen atoms in total. The lowest BCUT2D eigenvalue weighted by molar-refractivity contribution is -0.141. The van der Waals surface area contributed by atoms with Crippen LogP contribution in [0.5, 0.6) is 0 Å². The molecule has 5 aromatic rings. The molecule has 0 spiro atoms. The normalized spacial score (nSPS) is 16.9. The van der Waals surface area contributed by atoms with E-state index < -0.39 is 39.4 Å². The van der Waals surface area contributed by atoms with Crippen LogP contribution < -0.4 is 30.5 Å². The Bertz CT molecular complexity index is 2790. The van der Waals surface area contributed by atoms with E-state index in [1.54, 1.807) is 52.6 Å². The van der Waals surface area contributed by atoms with Gasteiger partial charge in [-0.05, 0) is 79.6 Å². The number of amides is 3. The monoisotopic (exact) mass is 1030 g/mol. The number of piperazine rings is 1. The second-order valence-electron chi connectivity index (χ2n) is 19.2. The number of halogens is 2. The smallest absolute Gasteiger partial charge is 0.246 e. The Morgan fingerprint density at radius 1 is 0.986 bits per heavy atom. The van der Waals surface area contributed by atoms with Crippen molar-refractivity contribution in [3.8, 4) is 10.4 Å². The van der Waals surface area contributed by atoms with Crippen molar-refractivity contribution in [3.05, 3.63) is 101 Å². The van der Waals surface area contributed by atoms with E-state index in [9.17, 15) is 27.9 Å². The Kier molecular flexibility index (Phi) is 17.2. The highest BCUT2D eigenvalue weighted by molar-refractivity contribution is 7.92. The Hall–Kier alpha value is -5.93. The first kappa shape index (κ1) is 52.9. The summed E-state index contributed by atoms with van der Waals surface area (Å²) < 4.78 is 41.2. The summed E-state index contributed by atoms with van der Waals surface area (Å²) in [5.41, 5.74) is 5.92. The molecule has 4 heterocycles. The van der Waals surface area contributed by atoms with Crippen molar-refractivity contribution in [2.75, 3.05) is 72.4 Å². The maximum atomic E-state index is 15.6. The lowest BCUT2D eigenvalue weighted by Crippen LogP contribution is -2.56. The second kappa shape index (κ2) is 23.1. The molecule has 2 aliphatic heterocycles. The minimum absolute atomic E-state index is 0.0366. The average molecular weight is 1030 g/mol. The van der Waals surface area contributed by atoms with E-state index in [0.29, 0.717) is 61.9 Å². The molecule has 0 radical (unpaired) electrons. The number of nitrogens with one attached hydrogen (secondary N) is 4. The van der Waals surface area contributed by atoms with Crippen LogP contribution in [-0.2, 0) is 31.0 Å². The highest BCUT2D eigenvalue weighted by Crippen LogP contribution is 2.33. The molecule has 2 saturated heterocycles. The van der Waals surface area contributed by atoms with Crippen molar-refractivity contribution in [2.45, 2.75) is 84.5 Å². The van der Waals surface area contributed by atoms with Gasteiger partial charge in [0.05, 0.1) is 51.7 Å². The van der Waals surface area contributed by atoms with Crippen LogP contribution in [0.1, 0.15) is 64.1 Å². The van der Waals surface area contributed by atoms with Gasteiger partial charge in [-0.25, -0.2) is 22.8 Å². The standard InChI is InChI=1S/C50H63ClFN11O6S2/c1-32-45(70-31-55-32)34-16-14-33(15-17-34)28-53-44(66)27-36-26-37(64)30-63(36)48(67)46(50(2,3)4)58-43(65)13-9-10-20-61-21-23-62(24-22-61)41-19-18-35(25-39(41)52)56-49-54-29-38(51)47(59-49)57-40-11-7-8-12-42(40)60(5)71(6,68)69/h7-8,11-12,14-19,25,29,31,36-37,46,64H,9-10,13,20-24,26-28,30H2,1-6H3,(H,53,66)(H,58,65)(H2,54,56,57,59)/t36-,37-,46-/m1/s1. The number of sulfonamides is 1. The quantitative estimate of drug-likeness (QED) is 0.0526. The summed E-state index contributed by atoms with van der Waals surface area (Å²) >= 11 is 7.99. The summed E-state index contributed by atoms with van der Waals surface area (Å²) in [7, 11) is -2.09. The maximum absolute atomic E-state index is 15.6. The Labute approximate surface area is 424 Å². The van der Waals surface area contributed by atoms with Crippen LogP contribution in [0.3, 0.4) is 0 Å². The number of para-hydroxylation sites is 2. The molecule has 2 aliphatic rings. The summed E-state index contributed by atoms with van der Waals surface area (Å²) in [6.45, 7) is 11.5. The molecule has 0 bridgehead atoms. The number of aliphatic hydroxyl groups is 1. The van der Waals surface area contributed by atoms with Gasteiger partial charge in [-0.1, -0.05) is 68.8 Å². The molecule has 0 unspecified atom stereocenters. The number of benzene rings is 3. The number of hydrogen-bond acceptors (Lipinski definition) is 14. The lowest BCUT2D eigenvalue weighted by Gasteiger charge is -2.36. The Morgan fingerprint density at radius 3 is 2.39 bits per heavy atom. The first-order chi connectivity index (χ1) is 33.7. The molecule has 380 valence electrons. The molecule has 3 amide bonds. The number of nitrogens with zero attached hydrogens (tertiary/aromatic N) is 7. The lowest BCUT2D eigenvalue weighted by atomic mass is 9.85. The van der Waals surface area contributed by atoms with E-state index in [-0.39, 0.29) is 60.3 Å². The van der Waals surface area contributed by atoms with Crippen LogP contribution in [0.2, 0.25) is 5.02 Å². The third kappa shape index (κ3) is 13.9. The molecule has 2 fully saturated rings. The van der Waals surface area contributed by atoms with E-state index in [1.807, 2.05) is 62.4 Å². The minimum atomic E-state index is -3.54. The average Bonchev–Trinajstić information content (AvgIpc) is 3.93. The van der Waals surface area contributed by atoms with Gasteiger partial charge < -0.3 is 36.2 Å². The first-order valence-electron chi connectivity index (χ1n) is 23.6. The molecular weight excluding hydrogens is 969 g/mol. The van der Waals surface area contributed by atoms with Crippen molar-refractivity contribution in [1.82, 2.24) is 35.4 Å². The van der Waals surface area contributed by atoms with Gasteiger partial charge in [-0.3, -0.25) is 23.6 Å². The van der Waals surface area contributed by atoms with Crippen molar-refractivity contribution >= 4 is 85.2 Å². The number of rotatable bonds is 19. The third-order valence-corrected chi connectivity index (χ3v) is 15.2. The van der Waals surface area contributed by atoms with Gasteiger partial charge in [0.1, 0.15) is 16.9 Å². The van der Waals surface area contributed by atoms with Crippen LogP contribution >= 0.6 is 22.9 Å². The maximum Gasteiger partial charge on any atom is 0.246 e. The predicted octanol–water partition coefficient (Wildman–Crippen LogP) is 7.08. The van der Waals surface area contributed by atoms with E-state index in [1.165, 1.54) is 19.3 Å². The zero-order valence-electron chi connectivity index (χ0n) is 40.9. The molecule has 5 N–H and O–H groups in total. The Balaban J connectivity index is 0.838. The summed E-state index contributed by atoms with van der Waals surface area (Å²) in [5.74, 6) is -0.805. The van der Waals surface area contributed by atoms with E-state index >= 15 is 4.39 Å². The van der Waals surface area contributed by atoms with Crippen molar-refractivity contribution in [3.63, 3.8) is 0 Å². The molecule has 0 saturated carbocycles. The number of carbonyl (C=O) groups is 3. The highest BCUT2D eigenvalue weighted by atomic mass is 35.5. The van der Waals surface area contributed by atoms with Crippen molar-refractivity contribution in [2.24, 2.45) is 5.41 Å². The molecule has 71 heavy (non-hydrogen) atoms. The van der Waals surface area contributed by atoms with Crippen LogP contribution in [0.25, 0.3) is 10.4 Å². The number of unbranched alkanes of at least 4 members (excludes halogenated alkanes) is 1. The molecule has 21 heteroatoms. The van der Waals surface area contributed by atoms with Gasteiger partial charge >= 0.3 is 0 Å². The zero-order valence-corrected chi connectivity index (χ0v) is 43.3. The van der Waals surface area contributed by atoms with Gasteiger partial charge in [-0.15, -0.1) is 11.3 Å². The van der Waals surface area contributed by atoms with Crippen molar-refractivity contribution in [1.29, 1.82) is 0 Å². The summed E-state index contributed by atoms with van der Waals surface area (Å²) in [5, 5.41) is 22.9. The summed E-state index contributed by atoms with van der Waals surface area (Å²) in [6, 6.07) is 18.3. The number of β-amino-alcohol motifs (C(OH)–C–C–N with tert-alkyl or cyclic N) is 1. The molecule has 7 rings (SSSR count). The second-order valence-corrected chi connectivity index (χ2v) is 22.5. The van der Waals surface area contributed by atoms with Crippen LogP contribution in [0, 0.1) is 18.2 Å². The van der Waals surface area contributed by atoms with Crippen LogP contribution in [0.4, 0.5) is 38.9 Å². The fourth-order valence-electron chi connectivity index (χ4n) is 8.72. The fraction of sp³-hybridized carbons (Fsp3) is 0.440. The number of aliphatic hydroxyl groups excluding tert-OH is 1. The van der Waals surface area contributed by atoms with Gasteiger partial charge in [0, 0.05) is 70.9 Å². The van der Waals surface area contributed by atoms with Gasteiger partial charge in [0.15, 0.2) is 5.82 Å². The number of hydrogen-bond donors (Lipinski definition) is 5. The van der Waals surface area contributed by atoms with Gasteiger partial charge in [0.25, 0.3) is 0 Å².